The second-order valence-corrected chi connectivity index (χ2v) is 4.65. The van der Waals surface area contributed by atoms with Crippen LogP contribution in [0.15, 0.2) is 42.5 Å². The van der Waals surface area contributed by atoms with Gasteiger partial charge >= 0.3 is 0 Å². The highest BCUT2D eigenvalue weighted by molar-refractivity contribution is 6.11. The predicted octanol–water partition coefficient (Wildman–Crippen LogP) is 4.07. The fraction of sp³-hybridized carbons (Fsp3) is 0.176. The molecular formula is C17H16. The third kappa shape index (κ3) is 1.52. The first-order valence-electron chi connectivity index (χ1n) is 6.23. The molecule has 0 heteroatoms. The molecule has 0 nitrogen and oxygen atoms in total. The summed E-state index contributed by atoms with van der Waals surface area (Å²) >= 11 is 0. The second-order valence-electron chi connectivity index (χ2n) is 4.65. The Morgan fingerprint density at radius 3 is 2.29 bits per heavy atom. The van der Waals surface area contributed by atoms with E-state index in [0.717, 1.165) is 11.6 Å². The van der Waals surface area contributed by atoms with Crippen molar-refractivity contribution in [1.82, 2.24) is 0 Å². The molecule has 0 spiro atoms. The normalized spacial score (nSPS) is 11.4. The summed E-state index contributed by atoms with van der Waals surface area (Å²) in [4.78, 5) is 0. The highest BCUT2D eigenvalue weighted by atomic mass is 14.1. The molecule has 0 aliphatic rings. The highest BCUT2D eigenvalue weighted by Crippen LogP contribution is 2.27. The van der Waals surface area contributed by atoms with E-state index in [9.17, 15) is 0 Å². The Morgan fingerprint density at radius 2 is 1.59 bits per heavy atom. The van der Waals surface area contributed by atoms with E-state index in [-0.39, 0.29) is 0 Å². The van der Waals surface area contributed by atoms with E-state index in [1.165, 1.54) is 33.5 Å². The molecule has 0 heterocycles. The van der Waals surface area contributed by atoms with E-state index in [1.54, 1.807) is 0 Å². The van der Waals surface area contributed by atoms with Gasteiger partial charge in [0.25, 0.3) is 0 Å². The Kier molecular flexibility index (Phi) is 2.36. The van der Waals surface area contributed by atoms with Crippen LogP contribution in [0.3, 0.4) is 0 Å². The van der Waals surface area contributed by atoms with Gasteiger partial charge in [0.15, 0.2) is 0 Å². The van der Waals surface area contributed by atoms with Crippen LogP contribution in [-0.2, 0) is 6.42 Å². The van der Waals surface area contributed by atoms with Crippen LogP contribution < -0.4 is 5.22 Å². The summed E-state index contributed by atoms with van der Waals surface area (Å²) in [5, 5.41) is 6.54. The van der Waals surface area contributed by atoms with Crippen molar-refractivity contribution in [2.24, 2.45) is 0 Å². The molecule has 3 rings (SSSR count). The number of aryl methyl sites for hydroxylation is 1. The van der Waals surface area contributed by atoms with Gasteiger partial charge in [-0.25, -0.2) is 0 Å². The summed E-state index contributed by atoms with van der Waals surface area (Å²) in [6.45, 7) is 6.42. The molecule has 0 aromatic heterocycles. The van der Waals surface area contributed by atoms with Gasteiger partial charge < -0.3 is 0 Å². The lowest BCUT2D eigenvalue weighted by molar-refractivity contribution is 0.929. The minimum absolute atomic E-state index is 1.13. The molecular weight excluding hydrogens is 204 g/mol. The van der Waals surface area contributed by atoms with Crippen LogP contribution in [0, 0.1) is 0 Å². The molecule has 0 fully saturated rings. The molecule has 0 aliphatic carbocycles. The molecule has 0 aliphatic heterocycles. The van der Waals surface area contributed by atoms with E-state index in [4.69, 9.17) is 0 Å². The van der Waals surface area contributed by atoms with Crippen molar-refractivity contribution in [1.29, 1.82) is 0 Å². The summed E-state index contributed by atoms with van der Waals surface area (Å²) in [5.74, 6) is 0. The molecule has 0 atom stereocenters. The first-order chi connectivity index (χ1) is 8.31. The van der Waals surface area contributed by atoms with Crippen molar-refractivity contribution < 1.29 is 0 Å². The van der Waals surface area contributed by atoms with Gasteiger partial charge in [0, 0.05) is 0 Å². The molecule has 3 aromatic rings. The minimum Gasteiger partial charge on any atom is -0.0911 e. The summed E-state index contributed by atoms with van der Waals surface area (Å²) in [6, 6.07) is 15.3. The van der Waals surface area contributed by atoms with Crippen LogP contribution in [0.5, 0.6) is 0 Å². The molecule has 84 valence electrons. The van der Waals surface area contributed by atoms with Crippen LogP contribution in [-0.4, -0.2) is 0 Å². The maximum absolute atomic E-state index is 4.19. The Hall–Kier alpha value is -1.82. The average molecular weight is 220 g/mol. The first kappa shape index (κ1) is 10.3. The van der Waals surface area contributed by atoms with Crippen molar-refractivity contribution in [3.05, 3.63) is 53.2 Å². The van der Waals surface area contributed by atoms with Gasteiger partial charge in [-0.1, -0.05) is 62.4 Å². The van der Waals surface area contributed by atoms with Gasteiger partial charge in [-0.2, -0.15) is 0 Å². The standard InChI is InChI=1S/C17H16/c1-3-5-13-10-11-15-7-4-6-14-9-8-12(2)16(13)17(14)15/h4,6-11H,2-3,5H2,1H3. The molecule has 0 unspecified atom stereocenters. The van der Waals surface area contributed by atoms with Gasteiger partial charge in [0.1, 0.15) is 0 Å². The molecule has 3 aromatic carbocycles. The van der Waals surface area contributed by atoms with Gasteiger partial charge in [0.2, 0.25) is 0 Å². The SMILES string of the molecule is C=c1ccc2cccc3ccc(CCC)c1c32. The van der Waals surface area contributed by atoms with E-state index >= 15 is 0 Å². The van der Waals surface area contributed by atoms with E-state index in [2.05, 4.69) is 56.0 Å². The number of benzene rings is 3. The van der Waals surface area contributed by atoms with E-state index in [0.29, 0.717) is 0 Å². The molecule has 0 amide bonds. The second kappa shape index (κ2) is 3.89. The lowest BCUT2D eigenvalue weighted by Crippen LogP contribution is -2.03. The third-order valence-electron chi connectivity index (χ3n) is 3.47. The largest absolute Gasteiger partial charge is 0.0911 e. The van der Waals surface area contributed by atoms with Crippen molar-refractivity contribution in [3.8, 4) is 0 Å². The smallest absolute Gasteiger partial charge is 0.00303 e. The lowest BCUT2D eigenvalue weighted by Gasteiger charge is -2.10. The molecule has 0 saturated carbocycles. The zero-order valence-electron chi connectivity index (χ0n) is 10.2. The monoisotopic (exact) mass is 220 g/mol. The zero-order valence-corrected chi connectivity index (χ0v) is 10.2. The van der Waals surface area contributed by atoms with Crippen molar-refractivity contribution in [2.75, 3.05) is 0 Å². The van der Waals surface area contributed by atoms with Crippen LogP contribution in [0.4, 0.5) is 0 Å². The fourth-order valence-electron chi connectivity index (χ4n) is 2.71. The van der Waals surface area contributed by atoms with Crippen LogP contribution >= 0.6 is 0 Å². The van der Waals surface area contributed by atoms with Gasteiger partial charge in [-0.3, -0.25) is 0 Å². The van der Waals surface area contributed by atoms with Crippen molar-refractivity contribution >= 4 is 28.1 Å². The predicted molar refractivity (Wildman–Crippen MR) is 76.2 cm³/mol. The maximum Gasteiger partial charge on any atom is -0.00303 e. The Labute approximate surface area is 102 Å². The Bertz CT molecular complexity index is 707. The minimum atomic E-state index is 1.13. The summed E-state index contributed by atoms with van der Waals surface area (Å²) in [7, 11) is 0. The number of rotatable bonds is 2. The fourth-order valence-corrected chi connectivity index (χ4v) is 2.71. The molecule has 0 radical (unpaired) electrons. The highest BCUT2D eigenvalue weighted by Gasteiger charge is 2.06. The van der Waals surface area contributed by atoms with Crippen molar-refractivity contribution in [3.63, 3.8) is 0 Å². The zero-order chi connectivity index (χ0) is 11.8. The van der Waals surface area contributed by atoms with Crippen molar-refractivity contribution in [2.45, 2.75) is 19.8 Å². The first-order valence-corrected chi connectivity index (χ1v) is 6.23. The van der Waals surface area contributed by atoms with Gasteiger partial charge in [-0.15, -0.1) is 0 Å². The quantitative estimate of drug-likeness (QED) is 0.610. The molecule has 0 N–H and O–H groups in total. The van der Waals surface area contributed by atoms with E-state index < -0.39 is 0 Å². The summed E-state index contributed by atoms with van der Waals surface area (Å²) < 4.78 is 0. The number of hydrogen-bond acceptors (Lipinski definition) is 0. The van der Waals surface area contributed by atoms with Gasteiger partial charge in [0.05, 0.1) is 0 Å². The topological polar surface area (TPSA) is 0 Å². The Balaban J connectivity index is 2.55. The molecule has 0 saturated heterocycles. The maximum atomic E-state index is 4.19. The van der Waals surface area contributed by atoms with Crippen LogP contribution in [0.25, 0.3) is 28.1 Å². The van der Waals surface area contributed by atoms with Crippen LogP contribution in [0.1, 0.15) is 18.9 Å². The third-order valence-corrected chi connectivity index (χ3v) is 3.47. The summed E-state index contributed by atoms with van der Waals surface area (Å²) in [5.41, 5.74) is 1.43. The lowest BCUT2D eigenvalue weighted by atomic mass is 9.94. The Morgan fingerprint density at radius 1 is 0.882 bits per heavy atom. The molecule has 17 heavy (non-hydrogen) atoms. The summed E-state index contributed by atoms with van der Waals surface area (Å²) in [6.07, 6.45) is 2.31. The average Bonchev–Trinajstić information content (AvgIpc) is 2.35. The van der Waals surface area contributed by atoms with Crippen LogP contribution in [0.2, 0.25) is 0 Å². The number of hydrogen-bond donors (Lipinski definition) is 0. The van der Waals surface area contributed by atoms with E-state index in [1.807, 2.05) is 0 Å². The van der Waals surface area contributed by atoms with Gasteiger partial charge in [-0.05, 0) is 38.7 Å². The molecule has 0 bridgehead atoms.